The number of benzene rings is 3. The van der Waals surface area contributed by atoms with E-state index in [4.69, 9.17) is 14.2 Å². The van der Waals surface area contributed by atoms with Crippen molar-refractivity contribution >= 4 is 39.6 Å². The van der Waals surface area contributed by atoms with Gasteiger partial charge in [-0.25, -0.2) is 5.43 Å². The first kappa shape index (κ1) is 25.8. The smallest absolute Gasteiger partial charge is 0.249 e. The Morgan fingerprint density at radius 1 is 1.00 bits per heavy atom. The Labute approximate surface area is 212 Å². The van der Waals surface area contributed by atoms with Crippen molar-refractivity contribution < 1.29 is 23.8 Å². The maximum atomic E-state index is 12.1. The number of hydrazone groups is 1. The predicted octanol–water partition coefficient (Wildman–Crippen LogP) is 4.91. The van der Waals surface area contributed by atoms with E-state index in [0.717, 1.165) is 5.56 Å². The molecule has 0 aromatic heterocycles. The van der Waals surface area contributed by atoms with Gasteiger partial charge in [-0.15, -0.1) is 0 Å². The van der Waals surface area contributed by atoms with Crippen LogP contribution in [-0.4, -0.2) is 31.7 Å². The highest BCUT2D eigenvalue weighted by atomic mass is 79.9. The van der Waals surface area contributed by atoms with Crippen molar-refractivity contribution in [3.05, 3.63) is 82.3 Å². The largest absolute Gasteiger partial charge is 0.497 e. The number of rotatable bonds is 11. The summed E-state index contributed by atoms with van der Waals surface area (Å²) in [4.78, 5) is 24.2. The van der Waals surface area contributed by atoms with Gasteiger partial charge in [0.2, 0.25) is 11.8 Å². The van der Waals surface area contributed by atoms with Crippen LogP contribution < -0.4 is 25.0 Å². The lowest BCUT2D eigenvalue weighted by molar-refractivity contribution is -0.126. The fourth-order valence-corrected chi connectivity index (χ4v) is 3.61. The molecular weight excluding hydrogens is 514 g/mol. The van der Waals surface area contributed by atoms with Crippen LogP contribution in [0.3, 0.4) is 0 Å². The van der Waals surface area contributed by atoms with Gasteiger partial charge in [0, 0.05) is 5.69 Å². The second-order valence-corrected chi connectivity index (χ2v) is 8.14. The van der Waals surface area contributed by atoms with Crippen molar-refractivity contribution in [1.29, 1.82) is 0 Å². The van der Waals surface area contributed by atoms with Crippen molar-refractivity contribution in [1.82, 2.24) is 5.43 Å². The molecule has 0 saturated heterocycles. The third kappa shape index (κ3) is 8.15. The van der Waals surface area contributed by atoms with Crippen molar-refractivity contribution in [2.45, 2.75) is 20.0 Å². The van der Waals surface area contributed by atoms with Gasteiger partial charge in [0.25, 0.3) is 0 Å². The molecular formula is C26H26BrN3O5. The summed E-state index contributed by atoms with van der Waals surface area (Å²) in [6.45, 7) is 2.73. The first-order valence-corrected chi connectivity index (χ1v) is 11.7. The van der Waals surface area contributed by atoms with Crippen LogP contribution in [0.4, 0.5) is 5.69 Å². The lowest BCUT2D eigenvalue weighted by Crippen LogP contribution is -2.24. The average Bonchev–Trinajstić information content (AvgIpc) is 2.85. The van der Waals surface area contributed by atoms with Gasteiger partial charge in [-0.1, -0.05) is 30.3 Å². The Hall–Kier alpha value is -3.85. The number of hydrogen-bond acceptors (Lipinski definition) is 6. The molecule has 0 aliphatic heterocycles. The van der Waals surface area contributed by atoms with Crippen LogP contribution in [0.5, 0.6) is 17.2 Å². The van der Waals surface area contributed by atoms with Crippen LogP contribution in [0.15, 0.2) is 76.3 Å². The van der Waals surface area contributed by atoms with E-state index < -0.39 is 11.8 Å². The van der Waals surface area contributed by atoms with E-state index in [0.29, 0.717) is 46.2 Å². The molecule has 9 heteroatoms. The number of amides is 2. The first-order chi connectivity index (χ1) is 17.0. The third-order valence-corrected chi connectivity index (χ3v) is 5.24. The molecule has 3 aromatic carbocycles. The Kier molecular flexibility index (Phi) is 9.68. The molecule has 0 aliphatic carbocycles. The van der Waals surface area contributed by atoms with Gasteiger partial charge in [-0.05, 0) is 70.4 Å². The summed E-state index contributed by atoms with van der Waals surface area (Å²) in [5.41, 5.74) is 4.64. The molecule has 182 valence electrons. The summed E-state index contributed by atoms with van der Waals surface area (Å²) in [7, 11) is 1.56. The lowest BCUT2D eigenvalue weighted by Gasteiger charge is -2.14. The van der Waals surface area contributed by atoms with Gasteiger partial charge in [0.15, 0.2) is 11.5 Å². The van der Waals surface area contributed by atoms with Crippen molar-refractivity contribution in [3.63, 3.8) is 0 Å². The first-order valence-electron chi connectivity index (χ1n) is 10.9. The van der Waals surface area contributed by atoms with Crippen LogP contribution in [-0.2, 0) is 16.2 Å². The summed E-state index contributed by atoms with van der Waals surface area (Å²) >= 11 is 3.52. The van der Waals surface area contributed by atoms with Crippen LogP contribution in [0.1, 0.15) is 24.5 Å². The van der Waals surface area contributed by atoms with E-state index in [2.05, 4.69) is 31.8 Å². The van der Waals surface area contributed by atoms with Crippen molar-refractivity contribution in [2.24, 2.45) is 5.10 Å². The zero-order valence-corrected chi connectivity index (χ0v) is 21.0. The number of anilines is 1. The van der Waals surface area contributed by atoms with Crippen LogP contribution in [0, 0.1) is 0 Å². The standard InChI is InChI=1S/C26H26BrN3O5/c1-3-34-23-14-19(13-22(27)26(23)35-17-18-7-5-4-6-8-18)16-28-30-25(32)15-24(31)29-20-9-11-21(33-2)12-10-20/h4-14,16H,3,15,17H2,1-2H3,(H,29,31)(H,30,32). The van der Waals surface area contributed by atoms with E-state index in [-0.39, 0.29) is 6.42 Å². The Morgan fingerprint density at radius 3 is 2.43 bits per heavy atom. The summed E-state index contributed by atoms with van der Waals surface area (Å²) in [6.07, 6.45) is 1.09. The molecule has 35 heavy (non-hydrogen) atoms. The number of halogens is 1. The van der Waals surface area contributed by atoms with Gasteiger partial charge in [-0.3, -0.25) is 9.59 Å². The molecule has 0 atom stereocenters. The molecule has 0 radical (unpaired) electrons. The minimum Gasteiger partial charge on any atom is -0.497 e. The highest BCUT2D eigenvalue weighted by molar-refractivity contribution is 9.10. The zero-order chi connectivity index (χ0) is 25.0. The molecule has 0 spiro atoms. The van der Waals surface area contributed by atoms with Gasteiger partial charge in [0.1, 0.15) is 18.8 Å². The highest BCUT2D eigenvalue weighted by Gasteiger charge is 2.13. The molecule has 0 bridgehead atoms. The molecule has 3 rings (SSSR count). The normalized spacial score (nSPS) is 10.6. The molecule has 8 nitrogen and oxygen atoms in total. The minimum atomic E-state index is -0.542. The molecule has 0 fully saturated rings. The number of nitrogens with zero attached hydrogens (tertiary/aromatic N) is 1. The van der Waals surface area contributed by atoms with E-state index in [1.54, 1.807) is 43.5 Å². The van der Waals surface area contributed by atoms with Crippen molar-refractivity contribution in [2.75, 3.05) is 19.0 Å². The summed E-state index contributed by atoms with van der Waals surface area (Å²) in [5.74, 6) is 0.796. The molecule has 2 amide bonds. The molecule has 2 N–H and O–H groups in total. The fraction of sp³-hybridized carbons (Fsp3) is 0.192. The topological polar surface area (TPSA) is 98.2 Å². The number of methoxy groups -OCH3 is 1. The fourth-order valence-electron chi connectivity index (χ4n) is 3.04. The maximum Gasteiger partial charge on any atom is 0.249 e. The van der Waals surface area contributed by atoms with Crippen LogP contribution in [0.2, 0.25) is 0 Å². The highest BCUT2D eigenvalue weighted by Crippen LogP contribution is 2.37. The van der Waals surface area contributed by atoms with Crippen molar-refractivity contribution in [3.8, 4) is 17.2 Å². The van der Waals surface area contributed by atoms with E-state index in [1.807, 2.05) is 37.3 Å². The Bertz CT molecular complexity index is 1170. The van der Waals surface area contributed by atoms with Crippen LogP contribution in [0.25, 0.3) is 0 Å². The number of carbonyl (C=O) groups is 2. The Morgan fingerprint density at radius 2 is 1.74 bits per heavy atom. The molecule has 0 unspecified atom stereocenters. The molecule has 3 aromatic rings. The van der Waals surface area contributed by atoms with Gasteiger partial charge >= 0.3 is 0 Å². The molecule has 0 aliphatic rings. The predicted molar refractivity (Wildman–Crippen MR) is 138 cm³/mol. The quantitative estimate of drug-likeness (QED) is 0.205. The second-order valence-electron chi connectivity index (χ2n) is 7.28. The number of carbonyl (C=O) groups excluding carboxylic acids is 2. The van der Waals surface area contributed by atoms with Gasteiger partial charge < -0.3 is 19.5 Å². The molecule has 0 saturated carbocycles. The molecule has 0 heterocycles. The monoisotopic (exact) mass is 539 g/mol. The van der Waals surface area contributed by atoms with Crippen LogP contribution >= 0.6 is 15.9 Å². The average molecular weight is 540 g/mol. The van der Waals surface area contributed by atoms with Gasteiger partial charge in [-0.2, -0.15) is 5.10 Å². The van der Waals surface area contributed by atoms with Gasteiger partial charge in [0.05, 0.1) is 24.4 Å². The Balaban J connectivity index is 1.56. The summed E-state index contributed by atoms with van der Waals surface area (Å²) in [6, 6.07) is 20.2. The SMILES string of the molecule is CCOc1cc(C=NNC(=O)CC(=O)Nc2ccc(OC)cc2)cc(Br)c1OCc1ccccc1. The third-order valence-electron chi connectivity index (χ3n) is 4.66. The zero-order valence-electron chi connectivity index (χ0n) is 19.4. The summed E-state index contributed by atoms with van der Waals surface area (Å²) < 4.78 is 17.5. The van der Waals surface area contributed by atoms with E-state index >= 15 is 0 Å². The number of nitrogens with one attached hydrogen (secondary N) is 2. The van der Waals surface area contributed by atoms with E-state index in [1.165, 1.54) is 6.21 Å². The summed E-state index contributed by atoms with van der Waals surface area (Å²) in [5, 5.41) is 6.60. The second kappa shape index (κ2) is 13.1. The number of hydrogen-bond donors (Lipinski definition) is 2. The number of ether oxygens (including phenoxy) is 3. The minimum absolute atomic E-state index is 0.372. The lowest BCUT2D eigenvalue weighted by atomic mass is 10.2. The maximum absolute atomic E-state index is 12.1. The van der Waals surface area contributed by atoms with E-state index in [9.17, 15) is 9.59 Å².